The molecule has 2 nitrogen and oxygen atoms in total. The molecule has 0 aliphatic heterocycles. The second-order valence-corrected chi connectivity index (χ2v) is 1.85. The van der Waals surface area contributed by atoms with E-state index in [0.29, 0.717) is 0 Å². The van der Waals surface area contributed by atoms with Gasteiger partial charge in [-0.1, -0.05) is 0 Å². The summed E-state index contributed by atoms with van der Waals surface area (Å²) < 4.78 is 0. The molecule has 0 aromatic rings. The van der Waals surface area contributed by atoms with Crippen molar-refractivity contribution in [3.8, 4) is 0 Å². The predicted molar refractivity (Wildman–Crippen MR) is 29.7 cm³/mol. The zero-order valence-electron chi connectivity index (χ0n) is 5.05. The van der Waals surface area contributed by atoms with Crippen molar-refractivity contribution in [2.24, 2.45) is 0 Å². The minimum atomic E-state index is -0.324. The summed E-state index contributed by atoms with van der Waals surface area (Å²) in [6, 6.07) is 0. The van der Waals surface area contributed by atoms with Crippen molar-refractivity contribution in [2.75, 3.05) is 14.1 Å². The highest BCUT2D eigenvalue weighted by Gasteiger charge is 1.94. The first-order chi connectivity index (χ1) is 3.13. The van der Waals surface area contributed by atoms with E-state index in [1.165, 1.54) is 0 Å². The van der Waals surface area contributed by atoms with Gasteiger partial charge in [0.1, 0.15) is 0 Å². The third-order valence-corrected chi connectivity index (χ3v) is 0.514. The van der Waals surface area contributed by atoms with Crippen molar-refractivity contribution >= 4 is 0 Å². The van der Waals surface area contributed by atoms with E-state index >= 15 is 0 Å². The Kier molecular flexibility index (Phi) is 2.96. The Bertz CT molecular complexity index is 37.3. The molecule has 0 saturated carbocycles. The fourth-order valence-corrected chi connectivity index (χ4v) is 0.431. The van der Waals surface area contributed by atoms with Crippen molar-refractivity contribution in [3.63, 3.8) is 0 Å². The van der Waals surface area contributed by atoms with Gasteiger partial charge in [-0.15, -0.1) is 0 Å². The Labute approximate surface area is 44.8 Å². The first-order valence-electron chi connectivity index (χ1n) is 2.32. The third-order valence-electron chi connectivity index (χ3n) is 0.514. The van der Waals surface area contributed by atoms with Crippen LogP contribution in [0.3, 0.4) is 0 Å². The van der Waals surface area contributed by atoms with Gasteiger partial charge in [-0.2, -0.15) is 0 Å². The SMILES string of the molecule is CC(O)[CH]N(C)C. The normalized spacial score (nSPS) is 15.0. The number of nitrogens with zero attached hydrogens (tertiary/aromatic N) is 1. The number of likely N-dealkylation sites (N-methyl/N-ethyl adjacent to an activating group) is 1. The van der Waals surface area contributed by atoms with Crippen LogP contribution in [0.25, 0.3) is 0 Å². The highest BCUT2D eigenvalue weighted by molar-refractivity contribution is 4.65. The quantitative estimate of drug-likeness (QED) is 0.534. The van der Waals surface area contributed by atoms with Gasteiger partial charge in [0, 0.05) is 0 Å². The van der Waals surface area contributed by atoms with E-state index in [9.17, 15) is 0 Å². The first kappa shape index (κ1) is 6.92. The summed E-state index contributed by atoms with van der Waals surface area (Å²) >= 11 is 0. The molecule has 0 aromatic heterocycles. The minimum Gasteiger partial charge on any atom is -0.392 e. The molecule has 1 N–H and O–H groups in total. The first-order valence-corrected chi connectivity index (χ1v) is 2.32. The molecule has 2 heteroatoms. The fraction of sp³-hybridized carbons (Fsp3) is 0.800. The zero-order chi connectivity index (χ0) is 5.86. The Morgan fingerprint density at radius 3 is 2.00 bits per heavy atom. The monoisotopic (exact) mass is 102 g/mol. The van der Waals surface area contributed by atoms with Gasteiger partial charge >= 0.3 is 0 Å². The molecule has 0 saturated heterocycles. The maximum atomic E-state index is 8.63. The van der Waals surface area contributed by atoms with Crippen LogP contribution < -0.4 is 0 Å². The van der Waals surface area contributed by atoms with E-state index in [2.05, 4.69) is 0 Å². The van der Waals surface area contributed by atoms with E-state index in [1.54, 1.807) is 13.5 Å². The molecule has 0 rings (SSSR count). The van der Waals surface area contributed by atoms with Crippen molar-refractivity contribution < 1.29 is 5.11 Å². The highest BCUT2D eigenvalue weighted by Crippen LogP contribution is 1.87. The summed E-state index contributed by atoms with van der Waals surface area (Å²) in [5.74, 6) is 0. The average molecular weight is 102 g/mol. The van der Waals surface area contributed by atoms with Crippen LogP contribution in [0.4, 0.5) is 0 Å². The minimum absolute atomic E-state index is 0.324. The molecule has 0 aliphatic rings. The molecule has 0 bridgehead atoms. The summed E-state index contributed by atoms with van der Waals surface area (Å²) in [6.07, 6.45) is -0.324. The van der Waals surface area contributed by atoms with Gasteiger partial charge in [0.25, 0.3) is 0 Å². The lowest BCUT2D eigenvalue weighted by Crippen LogP contribution is -2.16. The predicted octanol–water partition coefficient (Wildman–Crippen LogP) is 0.0906. The van der Waals surface area contributed by atoms with Crippen molar-refractivity contribution in [2.45, 2.75) is 13.0 Å². The summed E-state index contributed by atoms with van der Waals surface area (Å²) in [5.41, 5.74) is 0. The molecule has 0 spiro atoms. The van der Waals surface area contributed by atoms with Crippen LogP contribution in [0.5, 0.6) is 0 Å². The Morgan fingerprint density at radius 1 is 1.57 bits per heavy atom. The van der Waals surface area contributed by atoms with Gasteiger partial charge < -0.3 is 10.0 Å². The molecular formula is C5H12NO. The van der Waals surface area contributed by atoms with Crippen LogP contribution in [0, 0.1) is 6.54 Å². The fourth-order valence-electron chi connectivity index (χ4n) is 0.431. The molecule has 0 heterocycles. The van der Waals surface area contributed by atoms with E-state index in [4.69, 9.17) is 5.11 Å². The standard InChI is InChI=1S/C5H12NO/c1-5(7)4-6(2)3/h4-5,7H,1-3H3. The second-order valence-electron chi connectivity index (χ2n) is 1.85. The lowest BCUT2D eigenvalue weighted by atomic mass is 10.4. The lowest BCUT2D eigenvalue weighted by molar-refractivity contribution is 0.192. The van der Waals surface area contributed by atoms with Crippen molar-refractivity contribution in [1.29, 1.82) is 0 Å². The smallest absolute Gasteiger partial charge is 0.0683 e. The largest absolute Gasteiger partial charge is 0.392 e. The lowest BCUT2D eigenvalue weighted by Gasteiger charge is -2.09. The summed E-state index contributed by atoms with van der Waals surface area (Å²) in [6.45, 7) is 3.44. The molecule has 0 aromatic carbocycles. The third kappa shape index (κ3) is 5.92. The van der Waals surface area contributed by atoms with Crippen LogP contribution >= 0.6 is 0 Å². The summed E-state index contributed by atoms with van der Waals surface area (Å²) in [5, 5.41) is 8.63. The number of aliphatic hydroxyl groups is 1. The Morgan fingerprint density at radius 2 is 2.00 bits per heavy atom. The number of hydrogen-bond acceptors (Lipinski definition) is 2. The molecule has 0 aliphatic carbocycles. The molecular weight excluding hydrogens is 90.1 g/mol. The van der Waals surface area contributed by atoms with Crippen LogP contribution in [0.15, 0.2) is 0 Å². The number of aliphatic hydroxyl groups excluding tert-OH is 1. The van der Waals surface area contributed by atoms with Gasteiger partial charge in [0.15, 0.2) is 0 Å². The zero-order valence-corrected chi connectivity index (χ0v) is 5.05. The number of rotatable bonds is 2. The van der Waals surface area contributed by atoms with E-state index in [1.807, 2.05) is 19.0 Å². The van der Waals surface area contributed by atoms with Gasteiger partial charge in [-0.05, 0) is 21.0 Å². The van der Waals surface area contributed by atoms with Crippen molar-refractivity contribution in [1.82, 2.24) is 4.90 Å². The second kappa shape index (κ2) is 2.99. The van der Waals surface area contributed by atoms with Gasteiger partial charge in [-0.25, -0.2) is 0 Å². The van der Waals surface area contributed by atoms with Crippen LogP contribution in [0.1, 0.15) is 6.92 Å². The molecule has 43 valence electrons. The molecule has 0 amide bonds. The maximum Gasteiger partial charge on any atom is 0.0683 e. The highest BCUT2D eigenvalue weighted by atomic mass is 16.3. The molecule has 1 unspecified atom stereocenters. The van der Waals surface area contributed by atoms with E-state index in [-0.39, 0.29) is 6.10 Å². The molecule has 0 fully saturated rings. The van der Waals surface area contributed by atoms with E-state index < -0.39 is 0 Å². The average Bonchev–Trinajstić information content (AvgIpc) is 1.27. The van der Waals surface area contributed by atoms with Gasteiger partial charge in [0.2, 0.25) is 0 Å². The van der Waals surface area contributed by atoms with Crippen LogP contribution in [0.2, 0.25) is 0 Å². The van der Waals surface area contributed by atoms with Crippen LogP contribution in [-0.4, -0.2) is 30.2 Å². The topological polar surface area (TPSA) is 23.5 Å². The Balaban J connectivity index is 2.95. The summed E-state index contributed by atoms with van der Waals surface area (Å²) in [7, 11) is 3.76. The number of hydrogen-bond donors (Lipinski definition) is 1. The van der Waals surface area contributed by atoms with E-state index in [0.717, 1.165) is 0 Å². The van der Waals surface area contributed by atoms with Crippen molar-refractivity contribution in [3.05, 3.63) is 6.54 Å². The molecule has 1 atom stereocenters. The van der Waals surface area contributed by atoms with Gasteiger partial charge in [0.05, 0.1) is 12.6 Å². The Hall–Kier alpha value is -0.0800. The summed E-state index contributed by atoms with van der Waals surface area (Å²) in [4.78, 5) is 1.82. The maximum absolute atomic E-state index is 8.63. The van der Waals surface area contributed by atoms with Crippen LogP contribution in [-0.2, 0) is 0 Å². The van der Waals surface area contributed by atoms with Gasteiger partial charge in [-0.3, -0.25) is 0 Å². The molecule has 1 radical (unpaired) electrons. The molecule has 7 heavy (non-hydrogen) atoms.